The van der Waals surface area contributed by atoms with Crippen LogP contribution in [0.2, 0.25) is 0 Å². The molecule has 0 saturated carbocycles. The normalized spacial score (nSPS) is 10.9. The van der Waals surface area contributed by atoms with Crippen LogP contribution in [0.15, 0.2) is 73.1 Å². The summed E-state index contributed by atoms with van der Waals surface area (Å²) in [4.78, 5) is 16.1. The lowest BCUT2D eigenvalue weighted by molar-refractivity contribution is 0.0601. The Kier molecular flexibility index (Phi) is 3.47. The Morgan fingerprint density at radius 2 is 1.62 bits per heavy atom. The quantitative estimate of drug-likeness (QED) is 0.497. The molecule has 1 aromatic heterocycles. The van der Waals surface area contributed by atoms with Crippen LogP contribution in [0.1, 0.15) is 10.4 Å². The highest BCUT2D eigenvalue weighted by Gasteiger charge is 2.11. The minimum atomic E-state index is -0.325. The zero-order valence-corrected chi connectivity index (χ0v) is 13.2. The second-order valence-corrected chi connectivity index (χ2v) is 5.64. The van der Waals surface area contributed by atoms with E-state index in [-0.39, 0.29) is 5.97 Å². The van der Waals surface area contributed by atoms with Crippen molar-refractivity contribution in [2.75, 3.05) is 7.11 Å². The molecule has 1 heterocycles. The van der Waals surface area contributed by atoms with Crippen LogP contribution in [0, 0.1) is 0 Å². The number of methoxy groups -OCH3 is 1. The van der Waals surface area contributed by atoms with Gasteiger partial charge in [-0.3, -0.25) is 4.98 Å². The molecule has 0 atom stereocenters. The largest absolute Gasteiger partial charge is 0.465 e. The molecule has 3 aromatic carbocycles. The molecule has 0 N–H and O–H groups in total. The topological polar surface area (TPSA) is 39.2 Å². The number of hydrogen-bond acceptors (Lipinski definition) is 3. The molecular weight excluding hydrogens is 298 g/mol. The molecule has 0 amide bonds. The van der Waals surface area contributed by atoms with Crippen molar-refractivity contribution in [3.8, 4) is 11.1 Å². The maximum Gasteiger partial charge on any atom is 0.337 e. The number of hydrogen-bond donors (Lipinski definition) is 0. The maximum absolute atomic E-state index is 11.9. The number of esters is 1. The van der Waals surface area contributed by atoms with Crippen LogP contribution in [-0.4, -0.2) is 18.1 Å². The number of aromatic nitrogens is 1. The summed E-state index contributed by atoms with van der Waals surface area (Å²) in [6.45, 7) is 0. The van der Waals surface area contributed by atoms with E-state index in [1.165, 1.54) is 7.11 Å². The molecule has 0 aliphatic heterocycles. The molecule has 3 nitrogen and oxygen atoms in total. The van der Waals surface area contributed by atoms with Crippen molar-refractivity contribution in [1.82, 2.24) is 4.98 Å². The fourth-order valence-electron chi connectivity index (χ4n) is 3.11. The van der Waals surface area contributed by atoms with Gasteiger partial charge in [-0.25, -0.2) is 4.79 Å². The SMILES string of the molecule is COC(=O)c1ccc2cccc(-c3cccc4cnccc34)c2c1. The smallest absolute Gasteiger partial charge is 0.337 e. The summed E-state index contributed by atoms with van der Waals surface area (Å²) in [5, 5.41) is 4.36. The average Bonchev–Trinajstić information content (AvgIpc) is 2.66. The molecule has 0 spiro atoms. The lowest BCUT2D eigenvalue weighted by atomic mass is 9.94. The van der Waals surface area contributed by atoms with Crippen LogP contribution in [0.4, 0.5) is 0 Å². The van der Waals surface area contributed by atoms with Crippen molar-refractivity contribution < 1.29 is 9.53 Å². The standard InChI is InChI=1S/C21H15NO2/c1-24-21(23)15-9-8-14-4-2-7-19(20(14)12-15)18-6-3-5-16-13-22-11-10-17(16)18/h2-13H,1H3. The minimum Gasteiger partial charge on any atom is -0.465 e. The van der Waals surface area contributed by atoms with Crippen LogP contribution in [0.3, 0.4) is 0 Å². The van der Waals surface area contributed by atoms with Crippen molar-refractivity contribution in [1.29, 1.82) is 0 Å². The fourth-order valence-corrected chi connectivity index (χ4v) is 3.11. The van der Waals surface area contributed by atoms with Crippen LogP contribution in [-0.2, 0) is 4.74 Å². The van der Waals surface area contributed by atoms with Crippen molar-refractivity contribution in [2.24, 2.45) is 0 Å². The highest BCUT2D eigenvalue weighted by atomic mass is 16.5. The number of benzene rings is 3. The number of carbonyl (C=O) groups is 1. The van der Waals surface area contributed by atoms with E-state index in [1.807, 2.05) is 42.6 Å². The summed E-state index contributed by atoms with van der Waals surface area (Å²) in [7, 11) is 1.40. The highest BCUT2D eigenvalue weighted by molar-refractivity contribution is 6.07. The Labute approximate surface area is 139 Å². The molecule has 4 aromatic rings. The lowest BCUT2D eigenvalue weighted by Gasteiger charge is -2.11. The molecule has 24 heavy (non-hydrogen) atoms. The highest BCUT2D eigenvalue weighted by Crippen LogP contribution is 2.34. The van der Waals surface area contributed by atoms with Gasteiger partial charge in [0, 0.05) is 17.8 Å². The van der Waals surface area contributed by atoms with Crippen LogP contribution < -0.4 is 0 Å². The summed E-state index contributed by atoms with van der Waals surface area (Å²) in [6.07, 6.45) is 3.67. The maximum atomic E-state index is 11.9. The van der Waals surface area contributed by atoms with Gasteiger partial charge in [-0.2, -0.15) is 0 Å². The van der Waals surface area contributed by atoms with Gasteiger partial charge < -0.3 is 4.74 Å². The van der Waals surface area contributed by atoms with Gasteiger partial charge in [0.05, 0.1) is 12.7 Å². The van der Waals surface area contributed by atoms with Gasteiger partial charge in [-0.15, -0.1) is 0 Å². The third kappa shape index (κ3) is 2.31. The second-order valence-electron chi connectivity index (χ2n) is 5.64. The first-order valence-corrected chi connectivity index (χ1v) is 7.72. The molecule has 0 fully saturated rings. The zero-order valence-electron chi connectivity index (χ0n) is 13.2. The Bertz CT molecular complexity index is 1060. The Morgan fingerprint density at radius 3 is 2.42 bits per heavy atom. The number of nitrogens with zero attached hydrogens (tertiary/aromatic N) is 1. The first-order valence-electron chi connectivity index (χ1n) is 7.72. The van der Waals surface area contributed by atoms with Gasteiger partial charge in [0.25, 0.3) is 0 Å². The average molecular weight is 313 g/mol. The van der Waals surface area contributed by atoms with Crippen molar-refractivity contribution in [2.45, 2.75) is 0 Å². The summed E-state index contributed by atoms with van der Waals surface area (Å²) in [5.74, 6) is -0.325. The molecule has 0 radical (unpaired) electrons. The predicted octanol–water partition coefficient (Wildman–Crippen LogP) is 4.84. The first-order chi connectivity index (χ1) is 11.8. The van der Waals surface area contributed by atoms with Gasteiger partial charge >= 0.3 is 5.97 Å². The van der Waals surface area contributed by atoms with Crippen molar-refractivity contribution in [3.05, 3.63) is 78.6 Å². The number of pyridine rings is 1. The number of ether oxygens (including phenoxy) is 1. The van der Waals surface area contributed by atoms with Gasteiger partial charge in [-0.05, 0) is 45.5 Å². The number of fused-ring (bicyclic) bond motifs is 2. The number of carbonyl (C=O) groups excluding carboxylic acids is 1. The van der Waals surface area contributed by atoms with Gasteiger partial charge in [0.15, 0.2) is 0 Å². The molecule has 4 rings (SSSR count). The summed E-state index contributed by atoms with van der Waals surface area (Å²) in [5.41, 5.74) is 2.77. The Balaban J connectivity index is 2.03. The van der Waals surface area contributed by atoms with E-state index >= 15 is 0 Å². The van der Waals surface area contributed by atoms with E-state index in [1.54, 1.807) is 12.3 Å². The van der Waals surface area contributed by atoms with Crippen LogP contribution in [0.25, 0.3) is 32.7 Å². The Morgan fingerprint density at radius 1 is 0.875 bits per heavy atom. The molecule has 0 aliphatic rings. The second kappa shape index (κ2) is 5.78. The molecule has 116 valence electrons. The van der Waals surface area contributed by atoms with Crippen LogP contribution in [0.5, 0.6) is 0 Å². The van der Waals surface area contributed by atoms with E-state index in [9.17, 15) is 4.79 Å². The van der Waals surface area contributed by atoms with Crippen LogP contribution >= 0.6 is 0 Å². The fraction of sp³-hybridized carbons (Fsp3) is 0.0476. The summed E-state index contributed by atoms with van der Waals surface area (Å²) in [6, 6.07) is 20.0. The summed E-state index contributed by atoms with van der Waals surface area (Å²) >= 11 is 0. The van der Waals surface area contributed by atoms with Gasteiger partial charge in [0.1, 0.15) is 0 Å². The molecule has 0 bridgehead atoms. The molecule has 0 saturated heterocycles. The first kappa shape index (κ1) is 14.4. The van der Waals surface area contributed by atoms with E-state index in [0.717, 1.165) is 32.7 Å². The zero-order chi connectivity index (χ0) is 16.5. The number of rotatable bonds is 2. The third-order valence-corrected chi connectivity index (χ3v) is 4.27. The van der Waals surface area contributed by atoms with E-state index < -0.39 is 0 Å². The monoisotopic (exact) mass is 313 g/mol. The Hall–Kier alpha value is -3.20. The molecular formula is C21H15NO2. The lowest BCUT2D eigenvalue weighted by Crippen LogP contribution is -2.00. The molecule has 0 aliphatic carbocycles. The molecule has 0 unspecified atom stereocenters. The summed E-state index contributed by atoms with van der Waals surface area (Å²) < 4.78 is 4.85. The minimum absolute atomic E-state index is 0.325. The van der Waals surface area contributed by atoms with Gasteiger partial charge in [-0.1, -0.05) is 42.5 Å². The van der Waals surface area contributed by atoms with E-state index in [4.69, 9.17) is 4.74 Å². The van der Waals surface area contributed by atoms with Crippen molar-refractivity contribution >= 4 is 27.5 Å². The third-order valence-electron chi connectivity index (χ3n) is 4.27. The van der Waals surface area contributed by atoms with E-state index in [0.29, 0.717) is 5.56 Å². The predicted molar refractivity (Wildman–Crippen MR) is 96.0 cm³/mol. The molecule has 3 heteroatoms. The van der Waals surface area contributed by atoms with Crippen molar-refractivity contribution in [3.63, 3.8) is 0 Å². The van der Waals surface area contributed by atoms with Gasteiger partial charge in [0.2, 0.25) is 0 Å². The van der Waals surface area contributed by atoms with E-state index in [2.05, 4.69) is 23.2 Å².